The van der Waals surface area contributed by atoms with Crippen molar-refractivity contribution in [2.24, 2.45) is 0 Å². The van der Waals surface area contributed by atoms with Crippen LogP contribution < -0.4 is 10.1 Å². The highest BCUT2D eigenvalue weighted by Crippen LogP contribution is 2.16. The van der Waals surface area contributed by atoms with Crippen LogP contribution in [0.3, 0.4) is 0 Å². The van der Waals surface area contributed by atoms with Crippen LogP contribution in [0.25, 0.3) is 0 Å². The van der Waals surface area contributed by atoms with Crippen LogP contribution in [0.1, 0.15) is 35.7 Å². The molecule has 0 saturated carbocycles. The highest BCUT2D eigenvalue weighted by molar-refractivity contribution is 6.04. The molecule has 0 unspecified atom stereocenters. The highest BCUT2D eigenvalue weighted by Gasteiger charge is 2.07. The number of hydrogen-bond donors (Lipinski definition) is 1. The Balaban J connectivity index is 2.02. The molecule has 0 saturated heterocycles. The number of ether oxygens (including phenoxy) is 1. The largest absolute Gasteiger partial charge is 0.494 e. The molecule has 0 aliphatic heterocycles. The van der Waals surface area contributed by atoms with Gasteiger partial charge >= 0.3 is 0 Å². The molecule has 2 aromatic carbocycles. The first kappa shape index (κ1) is 15.6. The van der Waals surface area contributed by atoms with Gasteiger partial charge < -0.3 is 10.1 Å². The Morgan fingerprint density at radius 3 is 2.68 bits per heavy atom. The van der Waals surface area contributed by atoms with Crippen LogP contribution in [0, 0.1) is 11.3 Å². The molecule has 2 rings (SSSR count). The zero-order valence-corrected chi connectivity index (χ0v) is 12.5. The van der Waals surface area contributed by atoms with E-state index in [1.807, 2.05) is 12.1 Å². The number of carbonyl (C=O) groups is 1. The van der Waals surface area contributed by atoms with E-state index in [1.165, 1.54) is 0 Å². The number of benzene rings is 2. The second-order valence-electron chi connectivity index (χ2n) is 4.87. The zero-order valence-electron chi connectivity index (χ0n) is 12.5. The van der Waals surface area contributed by atoms with Gasteiger partial charge in [-0.25, -0.2) is 0 Å². The van der Waals surface area contributed by atoms with Gasteiger partial charge in [0, 0.05) is 11.3 Å². The van der Waals surface area contributed by atoms with Crippen molar-refractivity contribution in [2.45, 2.75) is 19.8 Å². The average molecular weight is 294 g/mol. The molecule has 2 aromatic rings. The number of carbonyl (C=O) groups excluding carboxylic acids is 1. The van der Waals surface area contributed by atoms with Crippen LogP contribution in [0.5, 0.6) is 5.75 Å². The summed E-state index contributed by atoms with van der Waals surface area (Å²) in [5.74, 6) is 0.492. The van der Waals surface area contributed by atoms with E-state index in [9.17, 15) is 4.79 Å². The number of anilines is 1. The summed E-state index contributed by atoms with van der Waals surface area (Å²) >= 11 is 0. The summed E-state index contributed by atoms with van der Waals surface area (Å²) < 4.78 is 5.60. The molecule has 0 bridgehead atoms. The number of hydrogen-bond acceptors (Lipinski definition) is 3. The van der Waals surface area contributed by atoms with Gasteiger partial charge in [0.05, 0.1) is 18.2 Å². The molecule has 22 heavy (non-hydrogen) atoms. The number of nitrogens with one attached hydrogen (secondary N) is 1. The van der Waals surface area contributed by atoms with E-state index in [2.05, 4.69) is 12.2 Å². The second kappa shape index (κ2) is 7.84. The van der Waals surface area contributed by atoms with Crippen LogP contribution in [0.4, 0.5) is 5.69 Å². The van der Waals surface area contributed by atoms with Gasteiger partial charge in [0.25, 0.3) is 5.91 Å². The lowest BCUT2D eigenvalue weighted by Gasteiger charge is -2.08. The fourth-order valence-corrected chi connectivity index (χ4v) is 1.89. The lowest BCUT2D eigenvalue weighted by molar-refractivity contribution is 0.102. The normalized spacial score (nSPS) is 9.82. The first-order chi connectivity index (χ1) is 10.7. The molecule has 0 heterocycles. The molecular formula is C18H18N2O2. The molecule has 0 aliphatic rings. The van der Waals surface area contributed by atoms with Crippen LogP contribution >= 0.6 is 0 Å². The quantitative estimate of drug-likeness (QED) is 0.819. The van der Waals surface area contributed by atoms with E-state index < -0.39 is 0 Å². The molecule has 0 aliphatic carbocycles. The molecule has 4 nitrogen and oxygen atoms in total. The summed E-state index contributed by atoms with van der Waals surface area (Å²) in [6, 6.07) is 15.9. The van der Waals surface area contributed by atoms with E-state index in [0.717, 1.165) is 12.8 Å². The average Bonchev–Trinajstić information content (AvgIpc) is 2.56. The van der Waals surface area contributed by atoms with Crippen molar-refractivity contribution in [1.29, 1.82) is 5.26 Å². The minimum Gasteiger partial charge on any atom is -0.494 e. The third-order valence-corrected chi connectivity index (χ3v) is 3.13. The molecular weight excluding hydrogens is 276 g/mol. The maximum absolute atomic E-state index is 12.2. The van der Waals surface area contributed by atoms with Crippen molar-refractivity contribution in [3.8, 4) is 11.8 Å². The van der Waals surface area contributed by atoms with Gasteiger partial charge in [-0.05, 0) is 48.9 Å². The first-order valence-electron chi connectivity index (χ1n) is 7.27. The van der Waals surface area contributed by atoms with Gasteiger partial charge in [0.15, 0.2) is 0 Å². The number of nitrogens with zero attached hydrogens (tertiary/aromatic N) is 1. The number of amides is 1. The lowest BCUT2D eigenvalue weighted by atomic mass is 10.2. The topological polar surface area (TPSA) is 62.1 Å². The summed E-state index contributed by atoms with van der Waals surface area (Å²) in [6.07, 6.45) is 2.06. The van der Waals surface area contributed by atoms with Crippen molar-refractivity contribution < 1.29 is 9.53 Å². The van der Waals surface area contributed by atoms with E-state index in [-0.39, 0.29) is 5.91 Å². The van der Waals surface area contributed by atoms with Gasteiger partial charge in [0.1, 0.15) is 5.75 Å². The Morgan fingerprint density at radius 2 is 2.00 bits per heavy atom. The predicted octanol–water partition coefficient (Wildman–Crippen LogP) is 3.99. The Labute approximate surface area is 130 Å². The summed E-state index contributed by atoms with van der Waals surface area (Å²) in [5.41, 5.74) is 1.75. The molecule has 112 valence electrons. The summed E-state index contributed by atoms with van der Waals surface area (Å²) in [4.78, 5) is 12.2. The fourth-order valence-electron chi connectivity index (χ4n) is 1.89. The molecule has 4 heteroatoms. The summed E-state index contributed by atoms with van der Waals surface area (Å²) in [5, 5.41) is 11.6. The monoisotopic (exact) mass is 294 g/mol. The SMILES string of the molecule is CCCCOc1cccc(C(=O)Nc2ccc(C#N)cc2)c1. The third-order valence-electron chi connectivity index (χ3n) is 3.13. The zero-order chi connectivity index (χ0) is 15.8. The number of unbranched alkanes of at least 4 members (excludes halogenated alkanes) is 1. The summed E-state index contributed by atoms with van der Waals surface area (Å²) in [6.45, 7) is 2.75. The Morgan fingerprint density at radius 1 is 1.23 bits per heavy atom. The highest BCUT2D eigenvalue weighted by atomic mass is 16.5. The smallest absolute Gasteiger partial charge is 0.255 e. The van der Waals surface area contributed by atoms with Crippen LogP contribution in [0.15, 0.2) is 48.5 Å². The van der Waals surface area contributed by atoms with Crippen molar-refractivity contribution in [3.05, 3.63) is 59.7 Å². The van der Waals surface area contributed by atoms with E-state index in [0.29, 0.717) is 29.2 Å². The first-order valence-corrected chi connectivity index (χ1v) is 7.27. The van der Waals surface area contributed by atoms with Crippen molar-refractivity contribution in [1.82, 2.24) is 0 Å². The molecule has 0 aromatic heterocycles. The minimum absolute atomic E-state index is 0.203. The molecule has 0 radical (unpaired) electrons. The van der Waals surface area contributed by atoms with Crippen molar-refractivity contribution in [3.63, 3.8) is 0 Å². The molecule has 0 atom stereocenters. The predicted molar refractivity (Wildman–Crippen MR) is 86.0 cm³/mol. The minimum atomic E-state index is -0.203. The standard InChI is InChI=1S/C18H18N2O2/c1-2-3-11-22-17-6-4-5-15(12-17)18(21)20-16-9-7-14(13-19)8-10-16/h4-10,12H,2-3,11H2,1H3,(H,20,21). The van der Waals surface area contributed by atoms with Crippen LogP contribution in [-0.2, 0) is 0 Å². The molecule has 1 N–H and O–H groups in total. The van der Waals surface area contributed by atoms with Gasteiger partial charge in [-0.3, -0.25) is 4.79 Å². The van der Waals surface area contributed by atoms with E-state index in [1.54, 1.807) is 42.5 Å². The van der Waals surface area contributed by atoms with Crippen LogP contribution in [0.2, 0.25) is 0 Å². The van der Waals surface area contributed by atoms with Gasteiger partial charge in [-0.15, -0.1) is 0 Å². The third kappa shape index (κ3) is 4.35. The van der Waals surface area contributed by atoms with Gasteiger partial charge in [-0.2, -0.15) is 5.26 Å². The Kier molecular flexibility index (Phi) is 5.56. The van der Waals surface area contributed by atoms with E-state index in [4.69, 9.17) is 10.00 Å². The number of nitriles is 1. The van der Waals surface area contributed by atoms with Crippen molar-refractivity contribution >= 4 is 11.6 Å². The fraction of sp³-hybridized carbons (Fsp3) is 0.222. The lowest BCUT2D eigenvalue weighted by Crippen LogP contribution is -2.12. The second-order valence-corrected chi connectivity index (χ2v) is 4.87. The molecule has 0 spiro atoms. The van der Waals surface area contributed by atoms with Gasteiger partial charge in [-0.1, -0.05) is 19.4 Å². The maximum atomic E-state index is 12.2. The maximum Gasteiger partial charge on any atom is 0.255 e. The Hall–Kier alpha value is -2.80. The van der Waals surface area contributed by atoms with Crippen LogP contribution in [-0.4, -0.2) is 12.5 Å². The van der Waals surface area contributed by atoms with E-state index >= 15 is 0 Å². The molecule has 1 amide bonds. The van der Waals surface area contributed by atoms with Crippen molar-refractivity contribution in [2.75, 3.05) is 11.9 Å². The summed E-state index contributed by atoms with van der Waals surface area (Å²) in [7, 11) is 0. The number of rotatable bonds is 6. The van der Waals surface area contributed by atoms with Gasteiger partial charge in [0.2, 0.25) is 0 Å². The molecule has 0 fully saturated rings. The Bertz CT molecular complexity index is 672.